The lowest BCUT2D eigenvalue weighted by Crippen LogP contribution is -2.15. The van der Waals surface area contributed by atoms with Crippen molar-refractivity contribution in [3.8, 4) is 11.1 Å². The Morgan fingerprint density at radius 1 is 1.00 bits per heavy atom. The average molecular weight is 409 g/mol. The predicted octanol–water partition coefficient (Wildman–Crippen LogP) is 5.85. The van der Waals surface area contributed by atoms with E-state index in [0.29, 0.717) is 11.4 Å². The highest BCUT2D eigenvalue weighted by atomic mass is 19.4. The minimum absolute atomic E-state index is 0.0339. The number of rotatable bonds is 2. The number of hydrogen-bond donors (Lipinski definition) is 1. The first-order valence-electron chi connectivity index (χ1n) is 9.34. The number of aliphatic imine (C=N–C) groups is 1. The first-order valence-corrected chi connectivity index (χ1v) is 9.34. The van der Waals surface area contributed by atoms with E-state index in [1.807, 2.05) is 44.2 Å². The van der Waals surface area contributed by atoms with E-state index >= 15 is 0 Å². The van der Waals surface area contributed by atoms with E-state index in [9.17, 15) is 18.0 Å². The molecule has 1 aliphatic rings. The number of nitrogens with zero attached hydrogens (tertiary/aromatic N) is 2. The molecule has 0 fully saturated rings. The van der Waals surface area contributed by atoms with Crippen LogP contribution >= 0.6 is 0 Å². The van der Waals surface area contributed by atoms with Crippen LogP contribution < -0.4 is 5.32 Å². The van der Waals surface area contributed by atoms with Crippen molar-refractivity contribution in [3.63, 3.8) is 0 Å². The van der Waals surface area contributed by atoms with Gasteiger partial charge >= 0.3 is 6.18 Å². The van der Waals surface area contributed by atoms with Gasteiger partial charge in [-0.3, -0.25) is 14.8 Å². The van der Waals surface area contributed by atoms with Crippen molar-refractivity contribution in [2.45, 2.75) is 26.4 Å². The number of nitrogens with one attached hydrogen (secondary N) is 1. The molecular formula is C23H18F3N3O. The number of pyridine rings is 1. The Hall–Kier alpha value is -3.48. The SMILES string of the molecule is Cc1nccc(-c2cccc(C3=Nc4ccc(C(F)(F)F)cc4NC(=O)C3)c2)c1C. The zero-order chi connectivity index (χ0) is 21.5. The van der Waals surface area contributed by atoms with Crippen molar-refractivity contribution >= 4 is 23.0 Å². The summed E-state index contributed by atoms with van der Waals surface area (Å²) < 4.78 is 39.0. The number of amides is 1. The lowest BCUT2D eigenvalue weighted by atomic mass is 9.96. The fraction of sp³-hybridized carbons (Fsp3) is 0.174. The van der Waals surface area contributed by atoms with Crippen molar-refractivity contribution < 1.29 is 18.0 Å². The highest BCUT2D eigenvalue weighted by Crippen LogP contribution is 2.37. The number of anilines is 1. The number of carbonyl (C=O) groups is 1. The van der Waals surface area contributed by atoms with Crippen molar-refractivity contribution in [3.05, 3.63) is 77.1 Å². The van der Waals surface area contributed by atoms with E-state index in [4.69, 9.17) is 0 Å². The first-order chi connectivity index (χ1) is 14.2. The number of hydrogen-bond acceptors (Lipinski definition) is 3. The number of aromatic nitrogens is 1. The maximum absolute atomic E-state index is 13.0. The monoisotopic (exact) mass is 409 g/mol. The van der Waals surface area contributed by atoms with Gasteiger partial charge in [-0.05, 0) is 66.4 Å². The zero-order valence-electron chi connectivity index (χ0n) is 16.3. The van der Waals surface area contributed by atoms with E-state index in [1.54, 1.807) is 6.20 Å². The van der Waals surface area contributed by atoms with Gasteiger partial charge in [0.1, 0.15) is 0 Å². The summed E-state index contributed by atoms with van der Waals surface area (Å²) in [5.41, 5.74) is 4.73. The van der Waals surface area contributed by atoms with Gasteiger partial charge in [-0.1, -0.05) is 18.2 Å². The van der Waals surface area contributed by atoms with E-state index in [2.05, 4.69) is 15.3 Å². The number of halogens is 3. The summed E-state index contributed by atoms with van der Waals surface area (Å²) >= 11 is 0. The first kappa shape index (κ1) is 19.8. The summed E-state index contributed by atoms with van der Waals surface area (Å²) in [5, 5.41) is 2.54. The largest absolute Gasteiger partial charge is 0.416 e. The minimum atomic E-state index is -4.49. The maximum Gasteiger partial charge on any atom is 0.416 e. The average Bonchev–Trinajstić information content (AvgIpc) is 2.87. The van der Waals surface area contributed by atoms with Crippen molar-refractivity contribution in [2.75, 3.05) is 5.32 Å². The van der Waals surface area contributed by atoms with Crippen molar-refractivity contribution in [2.24, 2.45) is 4.99 Å². The molecule has 0 saturated carbocycles. The number of fused-ring (bicyclic) bond motifs is 1. The van der Waals surface area contributed by atoms with Gasteiger partial charge in [0, 0.05) is 11.9 Å². The molecule has 7 heteroatoms. The topological polar surface area (TPSA) is 54.4 Å². The molecule has 0 atom stereocenters. The van der Waals surface area contributed by atoms with Crippen LogP contribution in [0.2, 0.25) is 0 Å². The second-order valence-electron chi connectivity index (χ2n) is 7.16. The molecule has 1 amide bonds. The number of alkyl halides is 3. The molecule has 0 saturated heterocycles. The Balaban J connectivity index is 1.78. The molecule has 4 rings (SSSR count). The van der Waals surface area contributed by atoms with Crippen LogP contribution in [-0.4, -0.2) is 16.6 Å². The smallest absolute Gasteiger partial charge is 0.324 e. The lowest BCUT2D eigenvalue weighted by Gasteiger charge is -2.11. The second-order valence-corrected chi connectivity index (χ2v) is 7.16. The van der Waals surface area contributed by atoms with Gasteiger partial charge in [-0.15, -0.1) is 0 Å². The van der Waals surface area contributed by atoms with E-state index < -0.39 is 17.6 Å². The molecular weight excluding hydrogens is 391 g/mol. The molecule has 30 heavy (non-hydrogen) atoms. The van der Waals surface area contributed by atoms with Crippen LogP contribution in [0.3, 0.4) is 0 Å². The van der Waals surface area contributed by atoms with Crippen LogP contribution in [0.15, 0.2) is 59.7 Å². The molecule has 152 valence electrons. The number of aryl methyl sites for hydroxylation is 1. The summed E-state index contributed by atoms with van der Waals surface area (Å²) in [6.45, 7) is 3.93. The lowest BCUT2D eigenvalue weighted by molar-refractivity contribution is -0.137. The third kappa shape index (κ3) is 3.83. The van der Waals surface area contributed by atoms with Gasteiger partial charge in [0.2, 0.25) is 5.91 Å². The quantitative estimate of drug-likeness (QED) is 0.577. The van der Waals surface area contributed by atoms with Gasteiger partial charge in [-0.25, -0.2) is 0 Å². The predicted molar refractivity (Wildman–Crippen MR) is 110 cm³/mol. The molecule has 1 aliphatic heterocycles. The van der Waals surface area contributed by atoms with Gasteiger partial charge in [-0.2, -0.15) is 13.2 Å². The second kappa shape index (κ2) is 7.40. The normalized spacial score (nSPS) is 13.9. The molecule has 2 heterocycles. The van der Waals surface area contributed by atoms with E-state index in [1.165, 1.54) is 6.07 Å². The third-order valence-corrected chi connectivity index (χ3v) is 5.14. The van der Waals surface area contributed by atoms with Crippen molar-refractivity contribution in [1.82, 2.24) is 4.98 Å². The van der Waals surface area contributed by atoms with Crippen molar-refractivity contribution in [1.29, 1.82) is 0 Å². The molecule has 1 N–H and O–H groups in total. The summed E-state index contributed by atoms with van der Waals surface area (Å²) in [7, 11) is 0. The summed E-state index contributed by atoms with van der Waals surface area (Å²) in [6, 6.07) is 12.7. The minimum Gasteiger partial charge on any atom is -0.324 e. The van der Waals surface area contributed by atoms with Gasteiger partial charge in [0.15, 0.2) is 0 Å². The van der Waals surface area contributed by atoms with Crippen LogP contribution in [0.4, 0.5) is 24.5 Å². The van der Waals surface area contributed by atoms with E-state index in [0.717, 1.165) is 40.1 Å². The number of carbonyl (C=O) groups excluding carboxylic acids is 1. The fourth-order valence-corrected chi connectivity index (χ4v) is 3.43. The summed E-state index contributed by atoms with van der Waals surface area (Å²) in [5.74, 6) is -0.409. The van der Waals surface area contributed by atoms with Crippen LogP contribution in [0.5, 0.6) is 0 Å². The molecule has 2 aromatic carbocycles. The summed E-state index contributed by atoms with van der Waals surface area (Å²) in [4.78, 5) is 21.2. The zero-order valence-corrected chi connectivity index (χ0v) is 16.3. The van der Waals surface area contributed by atoms with Crippen LogP contribution in [0.25, 0.3) is 11.1 Å². The highest BCUT2D eigenvalue weighted by Gasteiger charge is 2.31. The molecule has 4 nitrogen and oxygen atoms in total. The molecule has 1 aromatic heterocycles. The van der Waals surface area contributed by atoms with Crippen LogP contribution in [0.1, 0.15) is 28.8 Å². The van der Waals surface area contributed by atoms with Crippen LogP contribution in [-0.2, 0) is 11.0 Å². The van der Waals surface area contributed by atoms with Crippen LogP contribution in [0, 0.1) is 13.8 Å². The highest BCUT2D eigenvalue weighted by molar-refractivity contribution is 6.17. The van der Waals surface area contributed by atoms with E-state index in [-0.39, 0.29) is 12.1 Å². The third-order valence-electron chi connectivity index (χ3n) is 5.14. The molecule has 3 aromatic rings. The Labute approximate surface area is 171 Å². The molecule has 0 aliphatic carbocycles. The number of benzene rings is 2. The maximum atomic E-state index is 13.0. The molecule has 0 bridgehead atoms. The fourth-order valence-electron chi connectivity index (χ4n) is 3.43. The molecule has 0 spiro atoms. The standard InChI is InChI=1S/C23H18F3N3O/c1-13-14(2)27-9-8-18(13)15-4-3-5-16(10-15)20-12-22(30)29-21-11-17(23(24,25)26)6-7-19(21)28-20/h3-11H,12H2,1-2H3,(H,29,30). The Kier molecular flexibility index (Phi) is 4.89. The van der Waals surface area contributed by atoms with Gasteiger partial charge in [0.05, 0.1) is 29.1 Å². The van der Waals surface area contributed by atoms with Gasteiger partial charge < -0.3 is 5.32 Å². The Bertz CT molecular complexity index is 1180. The van der Waals surface area contributed by atoms with Gasteiger partial charge in [0.25, 0.3) is 0 Å². The Morgan fingerprint density at radius 2 is 1.77 bits per heavy atom. The molecule has 0 unspecified atom stereocenters. The molecule has 0 radical (unpaired) electrons. The Morgan fingerprint density at radius 3 is 2.53 bits per heavy atom. The summed E-state index contributed by atoms with van der Waals surface area (Å²) in [6.07, 6.45) is -2.78.